The van der Waals surface area contributed by atoms with Crippen molar-refractivity contribution in [3.8, 4) is 28.7 Å². The van der Waals surface area contributed by atoms with Gasteiger partial charge >= 0.3 is 5.97 Å². The largest absolute Gasteiger partial charge is 0.504 e. The van der Waals surface area contributed by atoms with E-state index in [1.165, 1.54) is 33.6 Å². The van der Waals surface area contributed by atoms with Crippen molar-refractivity contribution in [3.05, 3.63) is 59.4 Å². The fourth-order valence-electron chi connectivity index (χ4n) is 4.01. The third-order valence-electron chi connectivity index (χ3n) is 5.51. The molecule has 2 aromatic carbocycles. The highest BCUT2D eigenvalue weighted by Gasteiger charge is 2.35. The number of nitrogens with one attached hydrogen (secondary N) is 1. The van der Waals surface area contributed by atoms with Crippen molar-refractivity contribution in [2.24, 2.45) is 0 Å². The summed E-state index contributed by atoms with van der Waals surface area (Å²) in [6, 6.07) is 10.0. The van der Waals surface area contributed by atoms with Crippen LogP contribution in [0.15, 0.2) is 42.6 Å². The van der Waals surface area contributed by atoms with Gasteiger partial charge in [0.2, 0.25) is 5.91 Å². The summed E-state index contributed by atoms with van der Waals surface area (Å²) in [6.07, 6.45) is 1.51. The fraction of sp³-hybridized carbons (Fsp3) is 0.217. The maximum atomic E-state index is 12.5. The van der Waals surface area contributed by atoms with Crippen molar-refractivity contribution >= 4 is 17.6 Å². The molecule has 1 aromatic heterocycles. The van der Waals surface area contributed by atoms with Crippen LogP contribution in [0.4, 0.5) is 5.69 Å². The summed E-state index contributed by atoms with van der Waals surface area (Å²) >= 11 is 0. The number of hydrogen-bond acceptors (Lipinski definition) is 6. The number of nitrogens with zero attached hydrogens (tertiary/aromatic N) is 1. The number of amides is 1. The van der Waals surface area contributed by atoms with Crippen LogP contribution in [0.2, 0.25) is 0 Å². The van der Waals surface area contributed by atoms with Crippen LogP contribution in [0.5, 0.6) is 23.0 Å². The van der Waals surface area contributed by atoms with Gasteiger partial charge in [0.15, 0.2) is 11.5 Å². The molecule has 0 saturated carbocycles. The summed E-state index contributed by atoms with van der Waals surface area (Å²) in [5, 5.41) is 22.8. The van der Waals surface area contributed by atoms with Crippen molar-refractivity contribution in [2.75, 3.05) is 26.6 Å². The Morgan fingerprint density at radius 1 is 1.06 bits per heavy atom. The van der Waals surface area contributed by atoms with E-state index in [4.69, 9.17) is 14.2 Å². The molecule has 1 amide bonds. The highest BCUT2D eigenvalue weighted by atomic mass is 16.5. The third-order valence-corrected chi connectivity index (χ3v) is 5.51. The number of anilines is 1. The van der Waals surface area contributed by atoms with Crippen LogP contribution >= 0.6 is 0 Å². The number of aromatic carboxylic acids is 1. The molecule has 1 atom stereocenters. The zero-order valence-electron chi connectivity index (χ0n) is 17.7. The maximum absolute atomic E-state index is 12.5. The van der Waals surface area contributed by atoms with Crippen molar-refractivity contribution in [1.82, 2.24) is 4.57 Å². The van der Waals surface area contributed by atoms with Crippen LogP contribution < -0.4 is 19.5 Å². The smallest absolute Gasteiger partial charge is 0.339 e. The summed E-state index contributed by atoms with van der Waals surface area (Å²) in [5.41, 5.74) is 1.89. The Kier molecular flexibility index (Phi) is 5.40. The second-order valence-corrected chi connectivity index (χ2v) is 7.25. The second kappa shape index (κ2) is 8.18. The maximum Gasteiger partial charge on any atom is 0.339 e. The molecule has 166 valence electrons. The van der Waals surface area contributed by atoms with Gasteiger partial charge in [0, 0.05) is 24.6 Å². The molecule has 0 saturated heterocycles. The molecule has 1 aliphatic rings. The minimum atomic E-state index is -1.18. The zero-order chi connectivity index (χ0) is 23.0. The first-order valence-corrected chi connectivity index (χ1v) is 9.75. The van der Waals surface area contributed by atoms with Crippen LogP contribution in [-0.4, -0.2) is 48.0 Å². The SMILES string of the molecule is COc1ccc(OC)c(-n2cc(C(=O)O)c3c2[C@H](c2ccc(OC)c(O)c2)CC(=O)N3)c1. The fourth-order valence-corrected chi connectivity index (χ4v) is 4.01. The van der Waals surface area contributed by atoms with E-state index in [1.807, 2.05) is 0 Å². The molecule has 2 heterocycles. The number of carbonyl (C=O) groups excluding carboxylic acids is 1. The molecule has 9 heteroatoms. The van der Waals surface area contributed by atoms with E-state index in [2.05, 4.69) is 5.32 Å². The molecular weight excluding hydrogens is 416 g/mol. The molecule has 3 aromatic rings. The lowest BCUT2D eigenvalue weighted by molar-refractivity contribution is -0.116. The third kappa shape index (κ3) is 3.47. The molecule has 0 aliphatic carbocycles. The van der Waals surface area contributed by atoms with Gasteiger partial charge < -0.3 is 34.3 Å². The van der Waals surface area contributed by atoms with E-state index in [0.717, 1.165) is 0 Å². The van der Waals surface area contributed by atoms with Gasteiger partial charge in [-0.15, -0.1) is 0 Å². The topological polar surface area (TPSA) is 119 Å². The highest BCUT2D eigenvalue weighted by Crippen LogP contribution is 2.44. The first-order valence-electron chi connectivity index (χ1n) is 9.75. The summed E-state index contributed by atoms with van der Waals surface area (Å²) in [5.74, 6) is -0.763. The van der Waals surface area contributed by atoms with Gasteiger partial charge in [-0.1, -0.05) is 6.07 Å². The second-order valence-electron chi connectivity index (χ2n) is 7.25. The molecule has 0 bridgehead atoms. The number of carbonyl (C=O) groups is 2. The number of phenols is 1. The lowest BCUT2D eigenvalue weighted by Crippen LogP contribution is -2.25. The van der Waals surface area contributed by atoms with Crippen molar-refractivity contribution in [2.45, 2.75) is 12.3 Å². The van der Waals surface area contributed by atoms with Crippen molar-refractivity contribution in [3.63, 3.8) is 0 Å². The van der Waals surface area contributed by atoms with Gasteiger partial charge in [-0.25, -0.2) is 4.79 Å². The minimum absolute atomic E-state index is 0.0549. The van der Waals surface area contributed by atoms with Gasteiger partial charge in [-0.05, 0) is 29.8 Å². The molecule has 1 aliphatic heterocycles. The average molecular weight is 438 g/mol. The Balaban J connectivity index is 1.99. The van der Waals surface area contributed by atoms with E-state index >= 15 is 0 Å². The number of carboxylic acid groups (broad SMARTS) is 1. The van der Waals surface area contributed by atoms with Crippen LogP contribution in [0, 0.1) is 0 Å². The lowest BCUT2D eigenvalue weighted by Gasteiger charge is -2.27. The number of hydrogen-bond donors (Lipinski definition) is 3. The Hall–Kier alpha value is -4.14. The first-order chi connectivity index (χ1) is 15.4. The van der Waals surface area contributed by atoms with Gasteiger partial charge in [0.25, 0.3) is 0 Å². The number of benzene rings is 2. The van der Waals surface area contributed by atoms with E-state index in [1.54, 1.807) is 34.9 Å². The summed E-state index contributed by atoms with van der Waals surface area (Å²) < 4.78 is 17.7. The number of rotatable bonds is 6. The molecule has 0 unspecified atom stereocenters. The number of ether oxygens (including phenoxy) is 3. The Morgan fingerprint density at radius 3 is 2.41 bits per heavy atom. The van der Waals surface area contributed by atoms with Crippen LogP contribution in [0.1, 0.15) is 34.0 Å². The van der Waals surface area contributed by atoms with Crippen LogP contribution in [0.25, 0.3) is 5.69 Å². The number of fused-ring (bicyclic) bond motifs is 1. The molecule has 4 rings (SSSR count). The molecule has 0 radical (unpaired) electrons. The van der Waals surface area contributed by atoms with E-state index in [-0.39, 0.29) is 29.3 Å². The predicted molar refractivity (Wildman–Crippen MR) is 116 cm³/mol. The molecule has 3 N–H and O–H groups in total. The van der Waals surface area contributed by atoms with E-state index in [0.29, 0.717) is 34.2 Å². The van der Waals surface area contributed by atoms with Gasteiger partial charge in [-0.3, -0.25) is 4.79 Å². The summed E-state index contributed by atoms with van der Waals surface area (Å²) in [4.78, 5) is 24.5. The number of aromatic hydroxyl groups is 1. The lowest BCUT2D eigenvalue weighted by atomic mass is 9.88. The Morgan fingerprint density at radius 2 is 1.78 bits per heavy atom. The molecule has 9 nitrogen and oxygen atoms in total. The highest BCUT2D eigenvalue weighted by molar-refractivity contribution is 6.04. The average Bonchev–Trinajstić information content (AvgIpc) is 3.17. The monoisotopic (exact) mass is 438 g/mol. The van der Waals surface area contributed by atoms with Gasteiger partial charge in [-0.2, -0.15) is 0 Å². The molecular formula is C23H22N2O7. The van der Waals surface area contributed by atoms with Crippen molar-refractivity contribution < 1.29 is 34.0 Å². The zero-order valence-corrected chi connectivity index (χ0v) is 17.7. The predicted octanol–water partition coefficient (Wildman–Crippen LogP) is 3.38. The Labute approximate surface area is 183 Å². The Bertz CT molecular complexity index is 1220. The van der Waals surface area contributed by atoms with Crippen LogP contribution in [0.3, 0.4) is 0 Å². The quantitative estimate of drug-likeness (QED) is 0.540. The van der Waals surface area contributed by atoms with E-state index in [9.17, 15) is 19.8 Å². The van der Waals surface area contributed by atoms with Gasteiger partial charge in [0.05, 0.1) is 38.4 Å². The number of methoxy groups -OCH3 is 3. The first kappa shape index (κ1) is 21.1. The molecule has 0 fully saturated rings. The number of phenolic OH excluding ortho intramolecular Hbond substituents is 1. The van der Waals surface area contributed by atoms with Crippen molar-refractivity contribution in [1.29, 1.82) is 0 Å². The standard InChI is InChI=1S/C23H22N2O7/c1-30-13-5-7-18(31-2)16(9-13)25-11-15(23(28)29)21-22(25)14(10-20(27)24-21)12-4-6-19(32-3)17(26)8-12/h4-9,11,14,26H,10H2,1-3H3,(H,24,27)(H,28,29)/t14-/m0/s1. The summed E-state index contributed by atoms with van der Waals surface area (Å²) in [7, 11) is 4.49. The van der Waals surface area contributed by atoms with Crippen LogP contribution in [-0.2, 0) is 4.79 Å². The van der Waals surface area contributed by atoms with Gasteiger partial charge in [0.1, 0.15) is 17.1 Å². The number of aromatic nitrogens is 1. The minimum Gasteiger partial charge on any atom is -0.504 e. The molecule has 0 spiro atoms. The van der Waals surface area contributed by atoms with E-state index < -0.39 is 11.9 Å². The normalized spacial score (nSPS) is 15.0. The molecule has 32 heavy (non-hydrogen) atoms. The summed E-state index contributed by atoms with van der Waals surface area (Å²) in [6.45, 7) is 0. The number of carboxylic acids is 1.